The summed E-state index contributed by atoms with van der Waals surface area (Å²) in [6.45, 7) is 9.43. The molecule has 2 heterocycles. The Hall–Kier alpha value is -3.24. The molecule has 0 radical (unpaired) electrons. The Morgan fingerprint density at radius 3 is 2.39 bits per heavy atom. The first-order valence-corrected chi connectivity index (χ1v) is 10.6. The van der Waals surface area contributed by atoms with Crippen molar-refractivity contribution in [1.29, 1.82) is 0 Å². The number of carboxylic acid groups (broad SMARTS) is 1. The summed E-state index contributed by atoms with van der Waals surface area (Å²) < 4.78 is 16.9. The minimum absolute atomic E-state index is 0.0709. The van der Waals surface area contributed by atoms with E-state index in [0.29, 0.717) is 30.2 Å². The van der Waals surface area contributed by atoms with Crippen molar-refractivity contribution in [2.75, 3.05) is 19.8 Å². The number of nitro benzene ring substituents is 1. The van der Waals surface area contributed by atoms with Gasteiger partial charge in [-0.2, -0.15) is 0 Å². The van der Waals surface area contributed by atoms with Crippen LogP contribution in [0.2, 0.25) is 0 Å². The van der Waals surface area contributed by atoms with Crippen LogP contribution < -0.4 is 0 Å². The van der Waals surface area contributed by atoms with Crippen LogP contribution in [0.5, 0.6) is 0 Å². The molecule has 1 saturated heterocycles. The van der Waals surface area contributed by atoms with Crippen LogP contribution in [-0.4, -0.2) is 58.5 Å². The largest absolute Gasteiger partial charge is 0.478 e. The van der Waals surface area contributed by atoms with Crippen molar-refractivity contribution in [3.8, 4) is 0 Å². The highest BCUT2D eigenvalue weighted by molar-refractivity contribution is 5.99. The zero-order valence-corrected chi connectivity index (χ0v) is 19.3. The van der Waals surface area contributed by atoms with E-state index in [2.05, 4.69) is 0 Å². The molecule has 2 aliphatic rings. The SMILES string of the molecule is CC1=C(C(=O)O)C(c2cccc([N+](=O)[O-])c2)C(C(=O)OC(C)C)=C(C)N1CC1(C)OCCO1. The molecule has 1 N–H and O–H groups in total. The molecule has 10 nitrogen and oxygen atoms in total. The number of nitrogens with zero attached hydrogens (tertiary/aromatic N) is 2. The molecule has 2 aliphatic heterocycles. The number of carboxylic acids is 1. The molecule has 1 fully saturated rings. The zero-order valence-electron chi connectivity index (χ0n) is 19.3. The molecule has 0 spiro atoms. The van der Waals surface area contributed by atoms with E-state index < -0.39 is 34.7 Å². The van der Waals surface area contributed by atoms with Crippen LogP contribution in [0.25, 0.3) is 0 Å². The van der Waals surface area contributed by atoms with Gasteiger partial charge in [0.25, 0.3) is 5.69 Å². The maximum atomic E-state index is 13.2. The number of non-ortho nitro benzene ring substituents is 1. The van der Waals surface area contributed by atoms with E-state index in [-0.39, 0.29) is 23.4 Å². The lowest BCUT2D eigenvalue weighted by atomic mass is 9.79. The van der Waals surface area contributed by atoms with Crippen molar-refractivity contribution < 1.29 is 33.8 Å². The van der Waals surface area contributed by atoms with Gasteiger partial charge in [-0.15, -0.1) is 0 Å². The highest BCUT2D eigenvalue weighted by Gasteiger charge is 2.43. The Morgan fingerprint density at radius 1 is 1.24 bits per heavy atom. The van der Waals surface area contributed by atoms with E-state index in [1.165, 1.54) is 18.2 Å². The number of aliphatic carboxylic acids is 1. The minimum atomic E-state index is -1.24. The van der Waals surface area contributed by atoms with Crippen molar-refractivity contribution in [3.05, 3.63) is 62.5 Å². The normalized spacial score (nSPS) is 20.4. The number of rotatable bonds is 7. The van der Waals surface area contributed by atoms with Crippen LogP contribution in [0, 0.1) is 10.1 Å². The lowest BCUT2D eigenvalue weighted by Crippen LogP contribution is -2.44. The molecule has 0 aromatic heterocycles. The number of hydrogen-bond acceptors (Lipinski definition) is 8. The molecular formula is C23H28N2O8. The van der Waals surface area contributed by atoms with E-state index in [1.807, 2.05) is 0 Å². The molecule has 3 rings (SSSR count). The third-order valence-electron chi connectivity index (χ3n) is 5.72. The minimum Gasteiger partial charge on any atom is -0.478 e. The van der Waals surface area contributed by atoms with Gasteiger partial charge in [-0.1, -0.05) is 12.1 Å². The van der Waals surface area contributed by atoms with Crippen LogP contribution in [-0.2, 0) is 23.8 Å². The molecule has 0 bridgehead atoms. The summed E-state index contributed by atoms with van der Waals surface area (Å²) in [7, 11) is 0. The average molecular weight is 460 g/mol. The smallest absolute Gasteiger partial charge is 0.337 e. The number of ether oxygens (including phenoxy) is 3. The number of carbonyl (C=O) groups excluding carboxylic acids is 1. The van der Waals surface area contributed by atoms with Gasteiger partial charge in [0, 0.05) is 23.5 Å². The van der Waals surface area contributed by atoms with Gasteiger partial charge in [0.15, 0.2) is 5.79 Å². The van der Waals surface area contributed by atoms with Crippen LogP contribution in [0.4, 0.5) is 5.69 Å². The third kappa shape index (κ3) is 4.91. The van der Waals surface area contributed by atoms with E-state index in [0.717, 1.165) is 0 Å². The third-order valence-corrected chi connectivity index (χ3v) is 5.72. The number of allylic oxidation sites excluding steroid dienone is 2. The second-order valence-electron chi connectivity index (χ2n) is 8.46. The molecule has 0 aliphatic carbocycles. The van der Waals surface area contributed by atoms with Crippen LogP contribution >= 0.6 is 0 Å². The first-order valence-electron chi connectivity index (χ1n) is 10.6. The lowest BCUT2D eigenvalue weighted by molar-refractivity contribution is -0.384. The van der Waals surface area contributed by atoms with Gasteiger partial charge in [0.05, 0.1) is 47.8 Å². The number of benzene rings is 1. The Morgan fingerprint density at radius 2 is 1.85 bits per heavy atom. The average Bonchev–Trinajstić information content (AvgIpc) is 3.16. The summed E-state index contributed by atoms with van der Waals surface area (Å²) in [5.74, 6) is -3.97. The predicted octanol–water partition coefficient (Wildman–Crippen LogP) is 3.34. The molecule has 1 aromatic rings. The second kappa shape index (κ2) is 9.32. The Labute approximate surface area is 191 Å². The zero-order chi connectivity index (χ0) is 24.5. The summed E-state index contributed by atoms with van der Waals surface area (Å²) in [5.41, 5.74) is 1.01. The summed E-state index contributed by atoms with van der Waals surface area (Å²) in [4.78, 5) is 38.2. The van der Waals surface area contributed by atoms with Crippen molar-refractivity contribution in [2.24, 2.45) is 0 Å². The Kier molecular flexibility index (Phi) is 6.89. The number of esters is 1. The predicted molar refractivity (Wildman–Crippen MR) is 117 cm³/mol. The molecule has 1 atom stereocenters. The summed E-state index contributed by atoms with van der Waals surface area (Å²) in [6.07, 6.45) is -0.448. The Balaban J connectivity index is 2.22. The fourth-order valence-electron chi connectivity index (χ4n) is 4.25. The lowest BCUT2D eigenvalue weighted by Gasteiger charge is -2.40. The van der Waals surface area contributed by atoms with Crippen LogP contribution in [0.15, 0.2) is 46.8 Å². The molecule has 33 heavy (non-hydrogen) atoms. The van der Waals surface area contributed by atoms with Crippen LogP contribution in [0.1, 0.15) is 46.1 Å². The fraction of sp³-hybridized carbons (Fsp3) is 0.478. The number of carbonyl (C=O) groups is 2. The first kappa shape index (κ1) is 24.4. The molecule has 1 aromatic carbocycles. The van der Waals surface area contributed by atoms with Gasteiger partial charge in [-0.25, -0.2) is 9.59 Å². The second-order valence-corrected chi connectivity index (χ2v) is 8.46. The maximum absolute atomic E-state index is 13.2. The van der Waals surface area contributed by atoms with Gasteiger partial charge in [-0.05, 0) is 40.2 Å². The van der Waals surface area contributed by atoms with Gasteiger partial charge >= 0.3 is 11.9 Å². The quantitative estimate of drug-likeness (QED) is 0.370. The van der Waals surface area contributed by atoms with Crippen molar-refractivity contribution >= 4 is 17.6 Å². The van der Waals surface area contributed by atoms with Gasteiger partial charge < -0.3 is 24.2 Å². The van der Waals surface area contributed by atoms with Gasteiger partial charge in [0.1, 0.15) is 0 Å². The van der Waals surface area contributed by atoms with E-state index in [1.54, 1.807) is 45.6 Å². The molecular weight excluding hydrogens is 432 g/mol. The van der Waals surface area contributed by atoms with Crippen LogP contribution in [0.3, 0.4) is 0 Å². The molecule has 178 valence electrons. The van der Waals surface area contributed by atoms with E-state index in [4.69, 9.17) is 14.2 Å². The van der Waals surface area contributed by atoms with Crippen molar-refractivity contribution in [2.45, 2.75) is 52.4 Å². The number of nitro groups is 1. The summed E-state index contributed by atoms with van der Waals surface area (Å²) in [5, 5.41) is 21.5. The first-order chi connectivity index (χ1) is 15.4. The fourth-order valence-corrected chi connectivity index (χ4v) is 4.25. The molecule has 10 heteroatoms. The highest BCUT2D eigenvalue weighted by Crippen LogP contribution is 2.44. The summed E-state index contributed by atoms with van der Waals surface area (Å²) >= 11 is 0. The Bertz CT molecular complexity index is 1040. The summed E-state index contributed by atoms with van der Waals surface area (Å²) in [6, 6.07) is 5.64. The number of hydrogen-bond donors (Lipinski definition) is 1. The molecule has 1 unspecified atom stereocenters. The van der Waals surface area contributed by atoms with E-state index >= 15 is 0 Å². The topological polar surface area (TPSA) is 128 Å². The molecule has 0 amide bonds. The van der Waals surface area contributed by atoms with Crippen molar-refractivity contribution in [1.82, 2.24) is 4.90 Å². The standard InChI is InChI=1S/C23H28N2O8/c1-13(2)33-22(28)19-15(4)24(12-23(5)31-9-10-32-23)14(3)18(21(26)27)20(19)16-7-6-8-17(11-16)25(29)30/h6-8,11,13,20H,9-10,12H2,1-5H3,(H,26,27). The molecule has 0 saturated carbocycles. The monoisotopic (exact) mass is 460 g/mol. The maximum Gasteiger partial charge on any atom is 0.337 e. The van der Waals surface area contributed by atoms with Gasteiger partial charge in [-0.3, -0.25) is 10.1 Å². The van der Waals surface area contributed by atoms with Crippen molar-refractivity contribution in [3.63, 3.8) is 0 Å². The van der Waals surface area contributed by atoms with Gasteiger partial charge in [0.2, 0.25) is 0 Å². The highest BCUT2D eigenvalue weighted by atomic mass is 16.7. The van der Waals surface area contributed by atoms with E-state index in [9.17, 15) is 24.8 Å².